The highest BCUT2D eigenvalue weighted by atomic mass is 79.9. The van der Waals surface area contributed by atoms with Gasteiger partial charge in [0.15, 0.2) is 0 Å². The minimum atomic E-state index is -2.98. The molecular formula is C9H9BrClF2N. The molecule has 0 saturated carbocycles. The van der Waals surface area contributed by atoms with Crippen LogP contribution >= 0.6 is 27.5 Å². The smallest absolute Gasteiger partial charge is 0.276 e. The lowest BCUT2D eigenvalue weighted by Gasteiger charge is -2.18. The third-order valence-corrected chi connectivity index (χ3v) is 2.76. The van der Waals surface area contributed by atoms with Gasteiger partial charge in [-0.25, -0.2) is 8.78 Å². The van der Waals surface area contributed by atoms with E-state index in [0.29, 0.717) is 4.47 Å². The van der Waals surface area contributed by atoms with Gasteiger partial charge in [-0.1, -0.05) is 33.6 Å². The van der Waals surface area contributed by atoms with Gasteiger partial charge in [0.2, 0.25) is 0 Å². The van der Waals surface area contributed by atoms with Crippen LogP contribution in [0, 0.1) is 0 Å². The van der Waals surface area contributed by atoms with Gasteiger partial charge in [-0.3, -0.25) is 0 Å². The van der Waals surface area contributed by atoms with E-state index in [9.17, 15) is 8.78 Å². The first kappa shape index (κ1) is 11.9. The Balaban J connectivity index is 3.17. The largest absolute Gasteiger partial charge is 0.330 e. The van der Waals surface area contributed by atoms with Crippen molar-refractivity contribution in [2.75, 3.05) is 6.54 Å². The van der Waals surface area contributed by atoms with Crippen LogP contribution in [0.2, 0.25) is 5.02 Å². The van der Waals surface area contributed by atoms with Gasteiger partial charge in [0.25, 0.3) is 5.92 Å². The van der Waals surface area contributed by atoms with Crippen molar-refractivity contribution in [3.8, 4) is 0 Å². The van der Waals surface area contributed by atoms with Gasteiger partial charge >= 0.3 is 0 Å². The molecule has 0 aliphatic carbocycles. The molecular weight excluding hydrogens is 275 g/mol. The minimum absolute atomic E-state index is 0.0535. The van der Waals surface area contributed by atoms with Crippen LogP contribution in [0.3, 0.4) is 0 Å². The van der Waals surface area contributed by atoms with Gasteiger partial charge in [-0.2, -0.15) is 0 Å². The molecule has 0 aliphatic rings. The maximum Gasteiger partial charge on any atom is 0.276 e. The number of nitrogens with two attached hydrogens (primary N) is 1. The maximum absolute atomic E-state index is 13.5. The highest BCUT2D eigenvalue weighted by molar-refractivity contribution is 9.10. The van der Waals surface area contributed by atoms with E-state index in [1.54, 1.807) is 6.07 Å². The normalized spacial score (nSPS) is 11.8. The molecule has 0 spiro atoms. The quantitative estimate of drug-likeness (QED) is 0.902. The molecule has 0 bridgehead atoms. The van der Waals surface area contributed by atoms with Crippen molar-refractivity contribution in [3.63, 3.8) is 0 Å². The van der Waals surface area contributed by atoms with Crippen molar-refractivity contribution < 1.29 is 8.78 Å². The summed E-state index contributed by atoms with van der Waals surface area (Å²) in [6, 6.07) is 4.58. The number of alkyl halides is 2. The second kappa shape index (κ2) is 4.55. The molecule has 0 aromatic heterocycles. The van der Waals surface area contributed by atoms with Crippen molar-refractivity contribution >= 4 is 27.5 Å². The minimum Gasteiger partial charge on any atom is -0.330 e. The Morgan fingerprint density at radius 2 is 2.07 bits per heavy atom. The topological polar surface area (TPSA) is 26.0 Å². The Morgan fingerprint density at radius 1 is 1.43 bits per heavy atom. The highest BCUT2D eigenvalue weighted by Crippen LogP contribution is 2.40. The van der Waals surface area contributed by atoms with E-state index >= 15 is 0 Å². The standard InChI is InChI=1S/C9H9BrClF2N/c10-6-2-1-3-7(11)8(6)9(12,13)4-5-14/h1-3H,4-5,14H2. The average molecular weight is 285 g/mol. The first-order valence-corrected chi connectivity index (χ1v) is 5.18. The van der Waals surface area contributed by atoms with Crippen molar-refractivity contribution in [1.29, 1.82) is 0 Å². The zero-order valence-electron chi connectivity index (χ0n) is 7.24. The van der Waals surface area contributed by atoms with Gasteiger partial charge in [0, 0.05) is 10.9 Å². The lowest BCUT2D eigenvalue weighted by molar-refractivity contribution is -0.0113. The number of hydrogen-bond donors (Lipinski definition) is 1. The third-order valence-electron chi connectivity index (χ3n) is 1.79. The number of halogens is 4. The summed E-state index contributed by atoms with van der Waals surface area (Å²) in [5, 5.41) is 0.0535. The van der Waals surface area contributed by atoms with E-state index in [4.69, 9.17) is 17.3 Å². The molecule has 0 saturated heterocycles. The van der Waals surface area contributed by atoms with Crippen molar-refractivity contribution in [2.45, 2.75) is 12.3 Å². The van der Waals surface area contributed by atoms with Gasteiger partial charge < -0.3 is 5.73 Å². The summed E-state index contributed by atoms with van der Waals surface area (Å²) in [6.07, 6.45) is -0.407. The molecule has 0 fully saturated rings. The van der Waals surface area contributed by atoms with E-state index < -0.39 is 12.3 Å². The predicted molar refractivity (Wildman–Crippen MR) is 56.7 cm³/mol. The Labute approximate surface area is 94.4 Å². The van der Waals surface area contributed by atoms with Crippen molar-refractivity contribution in [2.24, 2.45) is 5.73 Å². The van der Waals surface area contributed by atoms with Crippen LogP contribution in [-0.2, 0) is 5.92 Å². The third kappa shape index (κ3) is 2.43. The van der Waals surface area contributed by atoms with Crippen molar-refractivity contribution in [3.05, 3.63) is 33.3 Å². The van der Waals surface area contributed by atoms with Crippen LogP contribution < -0.4 is 5.73 Å². The van der Waals surface area contributed by atoms with Gasteiger partial charge in [0.1, 0.15) is 0 Å². The molecule has 0 amide bonds. The van der Waals surface area contributed by atoms with Gasteiger partial charge in [0.05, 0.1) is 10.6 Å². The van der Waals surface area contributed by atoms with Crippen LogP contribution in [0.4, 0.5) is 8.78 Å². The van der Waals surface area contributed by atoms with Crippen LogP contribution in [0.5, 0.6) is 0 Å². The summed E-state index contributed by atoms with van der Waals surface area (Å²) in [5.41, 5.74) is 4.93. The molecule has 2 N–H and O–H groups in total. The average Bonchev–Trinajstić information content (AvgIpc) is 2.02. The summed E-state index contributed by atoms with van der Waals surface area (Å²) in [4.78, 5) is 0. The van der Waals surface area contributed by atoms with Gasteiger partial charge in [-0.05, 0) is 18.7 Å². The zero-order chi connectivity index (χ0) is 10.8. The Bertz CT molecular complexity index is 310. The fraction of sp³-hybridized carbons (Fsp3) is 0.333. The second-order valence-electron chi connectivity index (χ2n) is 2.84. The Hall–Kier alpha value is -0.190. The van der Waals surface area contributed by atoms with Crippen LogP contribution in [0.15, 0.2) is 22.7 Å². The molecule has 14 heavy (non-hydrogen) atoms. The monoisotopic (exact) mass is 283 g/mol. The highest BCUT2D eigenvalue weighted by Gasteiger charge is 2.34. The molecule has 0 heterocycles. The summed E-state index contributed by atoms with van der Waals surface area (Å²) in [6.45, 7) is -0.0787. The van der Waals surface area contributed by atoms with E-state index in [-0.39, 0.29) is 17.1 Å². The summed E-state index contributed by atoms with van der Waals surface area (Å²) in [5.74, 6) is -2.98. The molecule has 5 heteroatoms. The van der Waals surface area contributed by atoms with Crippen LogP contribution in [0.1, 0.15) is 12.0 Å². The first-order chi connectivity index (χ1) is 6.49. The maximum atomic E-state index is 13.5. The molecule has 1 aromatic rings. The molecule has 1 nitrogen and oxygen atoms in total. The summed E-state index contributed by atoms with van der Waals surface area (Å²) < 4.78 is 27.3. The van der Waals surface area contributed by atoms with Crippen molar-refractivity contribution in [1.82, 2.24) is 0 Å². The van der Waals surface area contributed by atoms with E-state index in [1.165, 1.54) is 12.1 Å². The Kier molecular flexibility index (Phi) is 3.86. The second-order valence-corrected chi connectivity index (χ2v) is 4.10. The Morgan fingerprint density at radius 3 is 2.57 bits per heavy atom. The molecule has 1 rings (SSSR count). The fourth-order valence-electron chi connectivity index (χ4n) is 1.15. The molecule has 1 aromatic carbocycles. The van der Waals surface area contributed by atoms with E-state index in [1.807, 2.05) is 0 Å². The number of benzene rings is 1. The number of rotatable bonds is 3. The van der Waals surface area contributed by atoms with Gasteiger partial charge in [-0.15, -0.1) is 0 Å². The summed E-state index contributed by atoms with van der Waals surface area (Å²) >= 11 is 8.75. The predicted octanol–water partition coefficient (Wildman–Crippen LogP) is 3.54. The SMILES string of the molecule is NCCC(F)(F)c1c(Cl)cccc1Br. The molecule has 0 unspecified atom stereocenters. The van der Waals surface area contributed by atoms with E-state index in [0.717, 1.165) is 0 Å². The molecule has 78 valence electrons. The zero-order valence-corrected chi connectivity index (χ0v) is 9.58. The lowest BCUT2D eigenvalue weighted by Crippen LogP contribution is -2.19. The lowest BCUT2D eigenvalue weighted by atomic mass is 10.1. The van der Waals surface area contributed by atoms with Crippen LogP contribution in [-0.4, -0.2) is 6.54 Å². The fourth-order valence-corrected chi connectivity index (χ4v) is 2.24. The number of hydrogen-bond acceptors (Lipinski definition) is 1. The summed E-state index contributed by atoms with van der Waals surface area (Å²) in [7, 11) is 0. The molecule has 0 atom stereocenters. The van der Waals surface area contributed by atoms with E-state index in [2.05, 4.69) is 15.9 Å². The molecule has 0 aliphatic heterocycles. The first-order valence-electron chi connectivity index (χ1n) is 4.01. The molecule has 0 radical (unpaired) electrons. The van der Waals surface area contributed by atoms with Crippen LogP contribution in [0.25, 0.3) is 0 Å².